The molecule has 0 saturated carbocycles. The molecule has 154 valence electrons. The number of hydrogen-bond donors (Lipinski definition) is 0. The first kappa shape index (κ1) is 20.9. The number of para-hydroxylation sites is 1. The van der Waals surface area contributed by atoms with Crippen LogP contribution < -0.4 is 14.2 Å². The summed E-state index contributed by atoms with van der Waals surface area (Å²) >= 11 is 0. The first-order valence-corrected chi connectivity index (χ1v) is 9.30. The Morgan fingerprint density at radius 1 is 0.800 bits per heavy atom. The summed E-state index contributed by atoms with van der Waals surface area (Å²) in [5.41, 5.74) is 1.59. The van der Waals surface area contributed by atoms with Crippen molar-refractivity contribution < 1.29 is 28.5 Å². The van der Waals surface area contributed by atoms with Crippen LogP contribution >= 0.6 is 0 Å². The predicted molar refractivity (Wildman–Crippen MR) is 111 cm³/mol. The molecule has 0 N–H and O–H groups in total. The Balaban J connectivity index is 1.55. The van der Waals surface area contributed by atoms with Crippen molar-refractivity contribution in [3.8, 4) is 17.2 Å². The van der Waals surface area contributed by atoms with Crippen molar-refractivity contribution in [3.63, 3.8) is 0 Å². The molecule has 0 amide bonds. The Bertz CT molecular complexity index is 996. The minimum Gasteiger partial charge on any atom is -0.497 e. The molecule has 30 heavy (non-hydrogen) atoms. The summed E-state index contributed by atoms with van der Waals surface area (Å²) < 4.78 is 21.2. The third-order valence-corrected chi connectivity index (χ3v) is 4.38. The van der Waals surface area contributed by atoms with E-state index in [1.807, 2.05) is 30.3 Å². The molecule has 0 bridgehead atoms. The summed E-state index contributed by atoms with van der Waals surface area (Å²) in [5, 5.41) is 0. The van der Waals surface area contributed by atoms with Gasteiger partial charge >= 0.3 is 5.97 Å². The zero-order chi connectivity index (χ0) is 21.3. The molecule has 0 atom stereocenters. The monoisotopic (exact) mass is 406 g/mol. The molecule has 6 heteroatoms. The zero-order valence-electron chi connectivity index (χ0n) is 16.8. The summed E-state index contributed by atoms with van der Waals surface area (Å²) in [6.07, 6.45) is 0. The smallest absolute Gasteiger partial charge is 0.338 e. The fourth-order valence-corrected chi connectivity index (χ4v) is 2.74. The zero-order valence-corrected chi connectivity index (χ0v) is 16.8. The van der Waals surface area contributed by atoms with Gasteiger partial charge in [0.05, 0.1) is 25.3 Å². The van der Waals surface area contributed by atoms with Crippen LogP contribution in [0, 0.1) is 0 Å². The van der Waals surface area contributed by atoms with Crippen molar-refractivity contribution in [3.05, 3.63) is 89.5 Å². The van der Waals surface area contributed by atoms with Gasteiger partial charge in [-0.1, -0.05) is 30.3 Å². The van der Waals surface area contributed by atoms with Crippen LogP contribution in [0.25, 0.3) is 0 Å². The van der Waals surface area contributed by atoms with E-state index in [0.717, 1.165) is 11.3 Å². The molecule has 6 nitrogen and oxygen atoms in total. The van der Waals surface area contributed by atoms with E-state index in [-0.39, 0.29) is 12.4 Å². The summed E-state index contributed by atoms with van der Waals surface area (Å²) in [5.74, 6) is 0.755. The maximum atomic E-state index is 12.4. The third kappa shape index (κ3) is 5.38. The molecular weight excluding hydrogens is 384 g/mol. The van der Waals surface area contributed by atoms with Crippen LogP contribution in [0.4, 0.5) is 0 Å². The quantitative estimate of drug-likeness (QED) is 0.389. The summed E-state index contributed by atoms with van der Waals surface area (Å²) in [4.78, 5) is 24.7. The van der Waals surface area contributed by atoms with E-state index < -0.39 is 5.97 Å². The van der Waals surface area contributed by atoms with Crippen molar-refractivity contribution in [2.75, 3.05) is 20.8 Å². The number of Topliss-reactive ketones (excluding diaryl/α,β-unsaturated/α-hetero) is 1. The van der Waals surface area contributed by atoms with Crippen molar-refractivity contribution in [1.82, 2.24) is 0 Å². The summed E-state index contributed by atoms with van der Waals surface area (Å²) in [7, 11) is 2.98. The number of carbonyl (C=O) groups excluding carboxylic acids is 2. The fraction of sp³-hybridized carbons (Fsp3) is 0.167. The Kier molecular flexibility index (Phi) is 7.05. The number of ether oxygens (including phenoxy) is 4. The Morgan fingerprint density at radius 3 is 2.20 bits per heavy atom. The molecule has 0 radical (unpaired) electrons. The number of benzene rings is 3. The predicted octanol–water partition coefficient (Wildman–Crippen LogP) is 4.32. The normalized spacial score (nSPS) is 10.2. The number of ketones is 1. The van der Waals surface area contributed by atoms with Gasteiger partial charge in [-0.25, -0.2) is 4.79 Å². The van der Waals surface area contributed by atoms with Crippen molar-refractivity contribution in [2.24, 2.45) is 0 Å². The van der Waals surface area contributed by atoms with Crippen molar-refractivity contribution in [2.45, 2.75) is 6.61 Å². The number of esters is 1. The highest BCUT2D eigenvalue weighted by molar-refractivity contribution is 6.01. The molecule has 0 saturated heterocycles. The minimum atomic E-state index is -0.577. The van der Waals surface area contributed by atoms with Gasteiger partial charge in [0.2, 0.25) is 5.78 Å². The third-order valence-electron chi connectivity index (χ3n) is 4.38. The van der Waals surface area contributed by atoms with Gasteiger partial charge in [-0.15, -0.1) is 0 Å². The van der Waals surface area contributed by atoms with Gasteiger partial charge in [-0.2, -0.15) is 0 Å². The van der Waals surface area contributed by atoms with Crippen molar-refractivity contribution in [1.29, 1.82) is 0 Å². The van der Waals surface area contributed by atoms with Crippen LogP contribution in [0.1, 0.15) is 26.3 Å². The van der Waals surface area contributed by atoms with Gasteiger partial charge in [0.1, 0.15) is 23.9 Å². The van der Waals surface area contributed by atoms with E-state index >= 15 is 0 Å². The lowest BCUT2D eigenvalue weighted by Gasteiger charge is -2.10. The molecule has 3 aromatic rings. The molecule has 3 aromatic carbocycles. The highest BCUT2D eigenvalue weighted by Crippen LogP contribution is 2.25. The van der Waals surface area contributed by atoms with Crippen LogP contribution in [0.5, 0.6) is 17.2 Å². The average Bonchev–Trinajstić information content (AvgIpc) is 2.81. The molecule has 0 heterocycles. The average molecular weight is 406 g/mol. The molecule has 3 rings (SSSR count). The van der Waals surface area contributed by atoms with Crippen LogP contribution in [-0.2, 0) is 11.3 Å². The molecule has 0 aromatic heterocycles. The Hall–Kier alpha value is -3.80. The largest absolute Gasteiger partial charge is 0.497 e. The second-order valence-electron chi connectivity index (χ2n) is 6.36. The van der Waals surface area contributed by atoms with Crippen molar-refractivity contribution >= 4 is 11.8 Å². The minimum absolute atomic E-state index is 0.319. The lowest BCUT2D eigenvalue weighted by molar-refractivity contribution is 0.0474. The molecule has 0 aliphatic heterocycles. The van der Waals surface area contributed by atoms with E-state index in [0.29, 0.717) is 29.2 Å². The highest BCUT2D eigenvalue weighted by Gasteiger charge is 2.16. The van der Waals surface area contributed by atoms with Gasteiger partial charge in [0.15, 0.2) is 6.61 Å². The van der Waals surface area contributed by atoms with E-state index in [4.69, 9.17) is 18.9 Å². The second kappa shape index (κ2) is 10.1. The molecular formula is C24H22O6. The maximum Gasteiger partial charge on any atom is 0.338 e. The second-order valence-corrected chi connectivity index (χ2v) is 6.36. The van der Waals surface area contributed by atoms with Crippen LogP contribution in [0.3, 0.4) is 0 Å². The van der Waals surface area contributed by atoms with Crippen LogP contribution in [-0.4, -0.2) is 32.6 Å². The molecule has 0 spiro atoms. The first-order chi connectivity index (χ1) is 14.6. The SMILES string of the molecule is COc1ccc(C(=O)COC(=O)c2ccc(COc3ccccc3)cc2)c(OC)c1. The summed E-state index contributed by atoms with van der Waals surface area (Å²) in [6, 6.07) is 21.2. The van der Waals surface area contributed by atoms with Gasteiger partial charge in [-0.05, 0) is 42.0 Å². The standard InChI is InChI=1S/C24H22O6/c1-27-20-12-13-21(23(14-20)28-2)22(25)16-30-24(26)18-10-8-17(9-11-18)15-29-19-6-4-3-5-7-19/h3-14H,15-16H2,1-2H3. The van der Waals surface area contributed by atoms with Crippen LogP contribution in [0.15, 0.2) is 72.8 Å². The van der Waals surface area contributed by atoms with Gasteiger partial charge in [0, 0.05) is 6.07 Å². The van der Waals surface area contributed by atoms with Gasteiger partial charge < -0.3 is 18.9 Å². The summed E-state index contributed by atoms with van der Waals surface area (Å²) in [6.45, 7) is -0.00448. The van der Waals surface area contributed by atoms with E-state index in [1.165, 1.54) is 14.2 Å². The van der Waals surface area contributed by atoms with E-state index in [1.54, 1.807) is 42.5 Å². The lowest BCUT2D eigenvalue weighted by atomic mass is 10.1. The Morgan fingerprint density at radius 2 is 1.53 bits per heavy atom. The van der Waals surface area contributed by atoms with E-state index in [9.17, 15) is 9.59 Å². The molecule has 0 fully saturated rings. The topological polar surface area (TPSA) is 71.1 Å². The Labute approximate surface area is 175 Å². The highest BCUT2D eigenvalue weighted by atomic mass is 16.5. The van der Waals surface area contributed by atoms with E-state index in [2.05, 4.69) is 0 Å². The lowest BCUT2D eigenvalue weighted by Crippen LogP contribution is -2.15. The van der Waals surface area contributed by atoms with Crippen LogP contribution in [0.2, 0.25) is 0 Å². The fourth-order valence-electron chi connectivity index (χ4n) is 2.74. The van der Waals surface area contributed by atoms with Gasteiger partial charge in [-0.3, -0.25) is 4.79 Å². The molecule has 0 aliphatic carbocycles. The first-order valence-electron chi connectivity index (χ1n) is 9.30. The number of rotatable bonds is 9. The molecule has 0 unspecified atom stereocenters. The molecule has 0 aliphatic rings. The van der Waals surface area contributed by atoms with Gasteiger partial charge in [0.25, 0.3) is 0 Å². The maximum absolute atomic E-state index is 12.4. The number of hydrogen-bond acceptors (Lipinski definition) is 6. The number of methoxy groups -OCH3 is 2. The number of carbonyl (C=O) groups is 2.